The minimum atomic E-state index is 0.567. The molecule has 100 valence electrons. The first-order valence-electron chi connectivity index (χ1n) is 6.95. The first kappa shape index (κ1) is 13.0. The Morgan fingerprint density at radius 3 is 2.50 bits per heavy atom. The predicted octanol–water partition coefficient (Wildman–Crippen LogP) is 2.83. The van der Waals surface area contributed by atoms with Crippen LogP contribution in [0.25, 0.3) is 0 Å². The van der Waals surface area contributed by atoms with Crippen molar-refractivity contribution in [2.24, 2.45) is 0 Å². The van der Waals surface area contributed by atoms with Crippen LogP contribution in [-0.4, -0.2) is 24.7 Å². The third-order valence-corrected chi connectivity index (χ3v) is 3.34. The van der Waals surface area contributed by atoms with Gasteiger partial charge in [0.15, 0.2) is 0 Å². The van der Waals surface area contributed by atoms with Crippen LogP contribution in [-0.2, 0) is 0 Å². The summed E-state index contributed by atoms with van der Waals surface area (Å²) in [5.74, 6) is 1.56. The Balaban J connectivity index is 2.12. The summed E-state index contributed by atoms with van der Waals surface area (Å²) in [5.41, 5.74) is 6.47. The van der Waals surface area contributed by atoms with Crippen molar-refractivity contribution in [3.8, 4) is 5.88 Å². The van der Waals surface area contributed by atoms with E-state index in [9.17, 15) is 0 Å². The molecule has 0 amide bonds. The zero-order valence-corrected chi connectivity index (χ0v) is 11.2. The van der Waals surface area contributed by atoms with Gasteiger partial charge in [0.1, 0.15) is 5.82 Å². The summed E-state index contributed by atoms with van der Waals surface area (Å²) in [4.78, 5) is 6.89. The molecule has 18 heavy (non-hydrogen) atoms. The number of nitrogens with two attached hydrogens (primary N) is 1. The van der Waals surface area contributed by atoms with Gasteiger partial charge in [-0.2, -0.15) is 4.98 Å². The topological polar surface area (TPSA) is 51.4 Å². The van der Waals surface area contributed by atoms with Crippen molar-refractivity contribution in [1.29, 1.82) is 0 Å². The monoisotopic (exact) mass is 249 g/mol. The summed E-state index contributed by atoms with van der Waals surface area (Å²) in [6.07, 6.45) is 6.51. The van der Waals surface area contributed by atoms with Crippen LogP contribution in [0.5, 0.6) is 5.88 Å². The molecule has 0 aliphatic carbocycles. The Labute approximate surface area is 109 Å². The van der Waals surface area contributed by atoms with Gasteiger partial charge in [-0.3, -0.25) is 0 Å². The fraction of sp³-hybridized carbons (Fsp3) is 0.643. The predicted molar refractivity (Wildman–Crippen MR) is 75.1 cm³/mol. The molecule has 0 unspecified atom stereocenters. The molecule has 2 rings (SSSR count). The number of ether oxygens (including phenoxy) is 1. The van der Waals surface area contributed by atoms with Crippen molar-refractivity contribution in [2.45, 2.75) is 39.0 Å². The van der Waals surface area contributed by atoms with Gasteiger partial charge in [-0.25, -0.2) is 0 Å². The lowest BCUT2D eigenvalue weighted by Crippen LogP contribution is -2.28. The first-order valence-corrected chi connectivity index (χ1v) is 6.95. The van der Waals surface area contributed by atoms with Crippen LogP contribution in [0.3, 0.4) is 0 Å². The summed E-state index contributed by atoms with van der Waals surface area (Å²) in [6, 6.07) is 3.89. The van der Waals surface area contributed by atoms with Gasteiger partial charge in [-0.15, -0.1) is 0 Å². The van der Waals surface area contributed by atoms with E-state index >= 15 is 0 Å². The Morgan fingerprint density at radius 1 is 1.17 bits per heavy atom. The lowest BCUT2D eigenvalue weighted by atomic mass is 10.1. The van der Waals surface area contributed by atoms with Crippen molar-refractivity contribution in [2.75, 3.05) is 30.3 Å². The van der Waals surface area contributed by atoms with E-state index in [1.807, 2.05) is 19.1 Å². The molecule has 0 atom stereocenters. The van der Waals surface area contributed by atoms with Gasteiger partial charge in [0.2, 0.25) is 5.88 Å². The summed E-state index contributed by atoms with van der Waals surface area (Å²) < 4.78 is 5.46. The van der Waals surface area contributed by atoms with Gasteiger partial charge in [-0.1, -0.05) is 19.3 Å². The first-order chi connectivity index (χ1) is 8.81. The molecule has 0 radical (unpaired) electrons. The molecule has 0 aromatic carbocycles. The Bertz CT molecular complexity index is 373. The smallest absolute Gasteiger partial charge is 0.239 e. The minimum absolute atomic E-state index is 0.567. The van der Waals surface area contributed by atoms with Crippen molar-refractivity contribution in [1.82, 2.24) is 4.98 Å². The molecule has 4 heteroatoms. The van der Waals surface area contributed by atoms with Gasteiger partial charge in [-0.05, 0) is 31.9 Å². The van der Waals surface area contributed by atoms with Crippen LogP contribution in [0.2, 0.25) is 0 Å². The molecule has 0 spiro atoms. The van der Waals surface area contributed by atoms with Crippen LogP contribution in [0, 0.1) is 0 Å². The number of nitrogens with zero attached hydrogens (tertiary/aromatic N) is 2. The van der Waals surface area contributed by atoms with E-state index in [4.69, 9.17) is 10.5 Å². The third kappa shape index (κ3) is 3.28. The van der Waals surface area contributed by atoms with Crippen molar-refractivity contribution >= 4 is 11.5 Å². The van der Waals surface area contributed by atoms with Crippen LogP contribution in [0.4, 0.5) is 11.5 Å². The number of nitrogen functional groups attached to an aromatic ring is 1. The second kappa shape index (κ2) is 6.47. The van der Waals surface area contributed by atoms with Crippen molar-refractivity contribution in [3.05, 3.63) is 12.1 Å². The third-order valence-electron chi connectivity index (χ3n) is 3.34. The van der Waals surface area contributed by atoms with Gasteiger partial charge >= 0.3 is 0 Å². The van der Waals surface area contributed by atoms with E-state index < -0.39 is 0 Å². The summed E-state index contributed by atoms with van der Waals surface area (Å²) in [5, 5.41) is 0. The quantitative estimate of drug-likeness (QED) is 0.895. The zero-order chi connectivity index (χ0) is 12.8. The van der Waals surface area contributed by atoms with Crippen LogP contribution in [0.15, 0.2) is 12.1 Å². The average Bonchev–Trinajstić information content (AvgIpc) is 2.32. The molecule has 1 aliphatic rings. The molecule has 1 aromatic heterocycles. The molecular formula is C14H23N3O. The molecular weight excluding hydrogens is 226 g/mol. The number of anilines is 2. The number of rotatable bonds is 3. The molecule has 2 N–H and O–H groups in total. The number of hydrogen-bond donors (Lipinski definition) is 1. The Hall–Kier alpha value is -1.45. The fourth-order valence-corrected chi connectivity index (χ4v) is 2.35. The highest BCUT2D eigenvalue weighted by Gasteiger charge is 2.12. The lowest BCUT2D eigenvalue weighted by Gasteiger charge is -2.26. The number of hydrogen-bond acceptors (Lipinski definition) is 4. The molecule has 2 heterocycles. The number of pyridine rings is 1. The summed E-state index contributed by atoms with van der Waals surface area (Å²) >= 11 is 0. The molecule has 1 saturated heterocycles. The van der Waals surface area contributed by atoms with Crippen molar-refractivity contribution < 1.29 is 4.74 Å². The van der Waals surface area contributed by atoms with E-state index in [1.165, 1.54) is 32.1 Å². The van der Waals surface area contributed by atoms with E-state index in [1.54, 1.807) is 0 Å². The van der Waals surface area contributed by atoms with Crippen LogP contribution in [0.1, 0.15) is 39.0 Å². The molecule has 1 fully saturated rings. The Kier molecular flexibility index (Phi) is 4.67. The minimum Gasteiger partial charge on any atom is -0.476 e. The van der Waals surface area contributed by atoms with Gasteiger partial charge in [0.25, 0.3) is 0 Å². The average molecular weight is 249 g/mol. The maximum Gasteiger partial charge on any atom is 0.239 e. The summed E-state index contributed by atoms with van der Waals surface area (Å²) in [6.45, 7) is 4.72. The van der Waals surface area contributed by atoms with E-state index in [2.05, 4.69) is 9.88 Å². The zero-order valence-electron chi connectivity index (χ0n) is 11.2. The number of aromatic nitrogens is 1. The Morgan fingerprint density at radius 2 is 1.83 bits per heavy atom. The molecule has 4 nitrogen and oxygen atoms in total. The standard InChI is InChI=1S/C14H23N3O/c1-2-18-14-12(15)8-9-13(16-14)17-10-6-4-3-5-7-11-17/h8-9H,2-7,10-11,15H2,1H3. The highest BCUT2D eigenvalue weighted by molar-refractivity contribution is 5.54. The van der Waals surface area contributed by atoms with Crippen LogP contribution < -0.4 is 15.4 Å². The molecule has 1 aliphatic heterocycles. The normalized spacial score (nSPS) is 17.1. The van der Waals surface area contributed by atoms with Gasteiger partial charge in [0.05, 0.1) is 12.3 Å². The summed E-state index contributed by atoms with van der Waals surface area (Å²) in [7, 11) is 0. The van der Waals surface area contributed by atoms with E-state index in [0.717, 1.165) is 18.9 Å². The largest absolute Gasteiger partial charge is 0.476 e. The van der Waals surface area contributed by atoms with E-state index in [0.29, 0.717) is 18.2 Å². The second-order valence-corrected chi connectivity index (χ2v) is 4.75. The second-order valence-electron chi connectivity index (χ2n) is 4.75. The molecule has 0 bridgehead atoms. The highest BCUT2D eigenvalue weighted by Crippen LogP contribution is 2.24. The maximum absolute atomic E-state index is 5.85. The van der Waals surface area contributed by atoms with Gasteiger partial charge in [0, 0.05) is 13.1 Å². The highest BCUT2D eigenvalue weighted by atomic mass is 16.5. The van der Waals surface area contributed by atoms with Crippen molar-refractivity contribution in [3.63, 3.8) is 0 Å². The van der Waals surface area contributed by atoms with Crippen LogP contribution >= 0.6 is 0 Å². The SMILES string of the molecule is CCOc1nc(N2CCCCCCC2)ccc1N. The maximum atomic E-state index is 5.85. The lowest BCUT2D eigenvalue weighted by molar-refractivity contribution is 0.329. The molecule has 1 aromatic rings. The van der Waals surface area contributed by atoms with E-state index in [-0.39, 0.29) is 0 Å². The molecule has 0 saturated carbocycles. The van der Waals surface area contributed by atoms with Gasteiger partial charge < -0.3 is 15.4 Å². The fourth-order valence-electron chi connectivity index (χ4n) is 2.35.